The Hall–Kier alpha value is -1.62. The molecule has 0 rings (SSSR count). The van der Waals surface area contributed by atoms with Crippen molar-refractivity contribution in [1.82, 2.24) is 0 Å². The van der Waals surface area contributed by atoms with Crippen LogP contribution in [0.1, 0.15) is 25.7 Å². The first kappa shape index (κ1) is 41.6. The summed E-state index contributed by atoms with van der Waals surface area (Å²) in [5.74, 6) is -11.0. The predicted octanol–water partition coefficient (Wildman–Crippen LogP) is -10.5. The largest absolute Gasteiger partial charge is 2.00 e. The van der Waals surface area contributed by atoms with E-state index in [0.29, 0.717) is 0 Å². The second kappa shape index (κ2) is 17.8. The standard InChI is InChI=1S/2C6H8O7.Mg.Na.H2O4S/c2*7-3(8)1-6(13,5(11)12)2-4(9)10;;;1-5(2,3)4/h2*13H,1-2H2,(H,7,8)(H,9,10)(H,11,12);;;(H2,1,2,3,4)/q;;+2;+1;/p-3. The van der Waals surface area contributed by atoms with Crippen LogP contribution in [0.15, 0.2) is 0 Å². The van der Waals surface area contributed by atoms with Gasteiger partial charge in [0.1, 0.15) is 5.60 Å². The van der Waals surface area contributed by atoms with E-state index in [1.807, 2.05) is 0 Å². The fourth-order valence-electron chi connectivity index (χ4n) is 1.40. The number of carboxylic acid groups (broad SMARTS) is 6. The van der Waals surface area contributed by atoms with Gasteiger partial charge in [-0.1, -0.05) is 0 Å². The van der Waals surface area contributed by atoms with Crippen LogP contribution in [-0.4, -0.2) is 113 Å². The maximum Gasteiger partial charge on any atom is 2.00 e. The zero-order valence-electron chi connectivity index (χ0n) is 16.6. The summed E-state index contributed by atoms with van der Waals surface area (Å²) in [6.45, 7) is 0. The molecule has 21 heteroatoms. The molecule has 0 aromatic carbocycles. The molecule has 0 fully saturated rings. The van der Waals surface area contributed by atoms with Crippen molar-refractivity contribution >= 4 is 69.3 Å². The molecule has 0 saturated heterocycles. The van der Waals surface area contributed by atoms with Crippen LogP contribution in [0.25, 0.3) is 0 Å². The summed E-state index contributed by atoms with van der Waals surface area (Å²) in [6.07, 6.45) is -5.00. The number of carbonyl (C=O) groups is 6. The molecule has 18 nitrogen and oxygen atoms in total. The third kappa shape index (κ3) is 26.5. The summed E-state index contributed by atoms with van der Waals surface area (Å²) in [7, 11) is -4.67. The van der Waals surface area contributed by atoms with Crippen LogP contribution in [0.2, 0.25) is 0 Å². The van der Waals surface area contributed by atoms with Gasteiger partial charge in [0, 0.05) is 24.8 Å². The van der Waals surface area contributed by atoms with Crippen molar-refractivity contribution in [2.24, 2.45) is 0 Å². The number of hydrogen-bond acceptors (Lipinski definition) is 13. The molecule has 0 aliphatic heterocycles. The van der Waals surface area contributed by atoms with E-state index in [1.165, 1.54) is 0 Å². The summed E-state index contributed by atoms with van der Waals surface area (Å²) in [6, 6.07) is 0. The topological polar surface area (TPSA) is 347 Å². The summed E-state index contributed by atoms with van der Waals surface area (Å²) in [5.41, 5.74) is -5.71. The van der Waals surface area contributed by atoms with Crippen molar-refractivity contribution in [2.75, 3.05) is 0 Å². The fraction of sp³-hybridized carbons (Fsp3) is 0.500. The normalized spacial score (nSPS) is 10.3. The van der Waals surface area contributed by atoms with Crippen LogP contribution >= 0.6 is 0 Å². The first-order valence-corrected chi connectivity index (χ1v) is 8.38. The van der Waals surface area contributed by atoms with E-state index in [9.17, 15) is 44.1 Å². The van der Waals surface area contributed by atoms with Crippen molar-refractivity contribution in [3.8, 4) is 0 Å². The Bertz CT molecular complexity index is 715. The van der Waals surface area contributed by atoms with Crippen LogP contribution in [0.3, 0.4) is 0 Å². The zero-order chi connectivity index (χ0) is 25.8. The molecule has 0 aliphatic carbocycles. The van der Waals surface area contributed by atoms with Gasteiger partial charge in [0.2, 0.25) is 0 Å². The molecule has 0 radical (unpaired) electrons. The minimum atomic E-state index is -4.67. The minimum Gasteiger partial charge on any atom is -0.550 e. The van der Waals surface area contributed by atoms with Crippen molar-refractivity contribution in [1.29, 1.82) is 0 Å². The van der Waals surface area contributed by atoms with Gasteiger partial charge >= 0.3 is 80.9 Å². The van der Waals surface area contributed by atoms with E-state index in [0.717, 1.165) is 0 Å². The van der Waals surface area contributed by atoms with E-state index < -0.39 is 83.1 Å². The van der Waals surface area contributed by atoms with Crippen LogP contribution in [0, 0.1) is 0 Å². The third-order valence-corrected chi connectivity index (χ3v) is 2.54. The molecule has 0 spiro atoms. The van der Waals surface area contributed by atoms with Crippen molar-refractivity contribution in [2.45, 2.75) is 36.9 Å². The molecule has 0 saturated carbocycles. The number of aliphatic carboxylic acids is 6. The maximum atomic E-state index is 10.3. The van der Waals surface area contributed by atoms with E-state index >= 15 is 0 Å². The second-order valence-corrected chi connectivity index (χ2v) is 6.24. The summed E-state index contributed by atoms with van der Waals surface area (Å²) >= 11 is 0. The Labute approximate surface area is 221 Å². The van der Waals surface area contributed by atoms with Gasteiger partial charge in [-0.15, -0.1) is 0 Å². The molecular formula is C12H15MgNaO18S. The first-order valence-electron chi connectivity index (χ1n) is 6.98. The van der Waals surface area contributed by atoms with E-state index in [2.05, 4.69) is 0 Å². The maximum absolute atomic E-state index is 10.3. The molecule has 180 valence electrons. The third-order valence-electron chi connectivity index (χ3n) is 2.54. The molecule has 0 amide bonds. The smallest absolute Gasteiger partial charge is 0.550 e. The Balaban J connectivity index is -0.000000125. The van der Waals surface area contributed by atoms with Crippen molar-refractivity contribution < 1.29 is 117 Å². The molecule has 0 unspecified atom stereocenters. The molecule has 0 aromatic heterocycles. The van der Waals surface area contributed by atoms with Gasteiger partial charge in [-0.25, -0.2) is 4.79 Å². The molecule has 7 N–H and O–H groups in total. The van der Waals surface area contributed by atoms with E-state index in [4.69, 9.17) is 43.1 Å². The second-order valence-electron chi connectivity index (χ2n) is 5.34. The van der Waals surface area contributed by atoms with E-state index in [1.54, 1.807) is 0 Å². The van der Waals surface area contributed by atoms with Gasteiger partial charge in [-0.05, 0) is 0 Å². The minimum absolute atomic E-state index is 0. The van der Waals surface area contributed by atoms with E-state index in [-0.39, 0.29) is 52.6 Å². The monoisotopic (exact) mass is 526 g/mol. The van der Waals surface area contributed by atoms with Gasteiger partial charge in [0.15, 0.2) is 5.60 Å². The average molecular weight is 527 g/mol. The number of carboxylic acids is 6. The van der Waals surface area contributed by atoms with Gasteiger partial charge in [-0.2, -0.15) is 8.42 Å². The van der Waals surface area contributed by atoms with Crippen LogP contribution in [0.5, 0.6) is 0 Å². The van der Waals surface area contributed by atoms with Gasteiger partial charge < -0.3 is 55.2 Å². The van der Waals surface area contributed by atoms with Crippen LogP contribution in [-0.2, 0) is 39.2 Å². The van der Waals surface area contributed by atoms with Gasteiger partial charge in [0.05, 0.1) is 18.8 Å². The van der Waals surface area contributed by atoms with Crippen molar-refractivity contribution in [3.05, 3.63) is 0 Å². The predicted molar refractivity (Wildman–Crippen MR) is 86.2 cm³/mol. The van der Waals surface area contributed by atoms with Crippen molar-refractivity contribution in [3.63, 3.8) is 0 Å². The zero-order valence-corrected chi connectivity index (χ0v) is 20.8. The number of aliphatic hydroxyl groups is 2. The van der Waals surface area contributed by atoms with Gasteiger partial charge in [-0.3, -0.25) is 18.7 Å². The average Bonchev–Trinajstić information content (AvgIpc) is 2.41. The Morgan fingerprint density at radius 3 is 1.03 bits per heavy atom. The quantitative estimate of drug-likeness (QED) is 0.102. The Morgan fingerprint density at radius 2 is 0.909 bits per heavy atom. The first-order chi connectivity index (χ1) is 13.6. The van der Waals surface area contributed by atoms with Crippen LogP contribution < -0.4 is 44.9 Å². The Morgan fingerprint density at radius 1 is 0.667 bits per heavy atom. The molecule has 33 heavy (non-hydrogen) atoms. The molecule has 0 heterocycles. The molecule has 0 bridgehead atoms. The molecule has 0 atom stereocenters. The number of rotatable bonds is 10. The van der Waals surface area contributed by atoms with Gasteiger partial charge in [0.25, 0.3) is 0 Å². The molecule has 0 aliphatic rings. The summed E-state index contributed by atoms with van der Waals surface area (Å²) < 4.78 is 31.6. The SMILES string of the molecule is O=C(O)CC(O)(CC(=O)O)C(=O)O.O=C([O-])CC(O)(CC(=O)[O-])C(=O)[O-].O=S(=O)(O)O.[Mg+2].[Na+]. The summed E-state index contributed by atoms with van der Waals surface area (Å²) in [4.78, 5) is 60.5. The molecule has 0 aromatic rings. The number of carbonyl (C=O) groups excluding carboxylic acids is 3. The molecular weight excluding hydrogens is 511 g/mol. The van der Waals surface area contributed by atoms with Crippen LogP contribution in [0.4, 0.5) is 0 Å². The Kier molecular flexibility index (Phi) is 22.4. The number of hydrogen-bond donors (Lipinski definition) is 7. The fourth-order valence-corrected chi connectivity index (χ4v) is 1.40. The summed E-state index contributed by atoms with van der Waals surface area (Å²) in [5, 5.41) is 72.7.